The molecule has 1 amide bonds. The van der Waals surface area contributed by atoms with Gasteiger partial charge in [0, 0.05) is 37.7 Å². The summed E-state index contributed by atoms with van der Waals surface area (Å²) in [4.78, 5) is 17.2. The normalized spacial score (nSPS) is 17.5. The molecule has 5 heteroatoms. The highest BCUT2D eigenvalue weighted by atomic mass is 16.5. The van der Waals surface area contributed by atoms with Crippen molar-refractivity contribution in [3.63, 3.8) is 0 Å². The molecule has 1 aromatic carbocycles. The molecule has 0 saturated carbocycles. The lowest BCUT2D eigenvalue weighted by Gasteiger charge is -2.36. The van der Waals surface area contributed by atoms with Crippen molar-refractivity contribution in [3.05, 3.63) is 54.4 Å². The molecular formula is C21H26N2O3. The maximum absolute atomic E-state index is 13.0. The second-order valence-corrected chi connectivity index (χ2v) is 7.03. The minimum atomic E-state index is -0.557. The highest BCUT2D eigenvalue weighted by molar-refractivity contribution is 5.83. The SMILES string of the molecule is CC(O)CNC(=O)C1(Cc2ccccc2-c2cccnc2)CCOCC1. The molecule has 2 N–H and O–H groups in total. The first-order valence-electron chi connectivity index (χ1n) is 9.13. The van der Waals surface area contributed by atoms with Gasteiger partial charge in [-0.05, 0) is 43.4 Å². The molecule has 1 fully saturated rings. The maximum atomic E-state index is 13.0. The highest BCUT2D eigenvalue weighted by Gasteiger charge is 2.40. The van der Waals surface area contributed by atoms with E-state index in [2.05, 4.69) is 22.4 Å². The number of hydrogen-bond donors (Lipinski definition) is 2. The van der Waals surface area contributed by atoms with Crippen LogP contribution in [0.15, 0.2) is 48.8 Å². The standard InChI is InChI=1S/C21H26N2O3/c1-16(24)14-23-20(25)21(8-11-26-12-9-21)13-17-5-2-3-7-19(17)18-6-4-10-22-15-18/h2-7,10,15-16,24H,8-9,11-14H2,1H3,(H,23,25). The van der Waals surface area contributed by atoms with Crippen molar-refractivity contribution in [2.24, 2.45) is 5.41 Å². The summed E-state index contributed by atoms with van der Waals surface area (Å²) in [6, 6.07) is 12.1. The molecule has 2 aromatic rings. The second kappa shape index (κ2) is 8.43. The fourth-order valence-corrected chi connectivity index (χ4v) is 3.52. The number of pyridine rings is 1. The number of carbonyl (C=O) groups excluding carboxylic acids is 1. The average molecular weight is 354 g/mol. The van der Waals surface area contributed by atoms with Gasteiger partial charge in [-0.1, -0.05) is 30.3 Å². The number of aromatic nitrogens is 1. The van der Waals surface area contributed by atoms with Gasteiger partial charge in [-0.3, -0.25) is 9.78 Å². The molecule has 0 spiro atoms. The van der Waals surface area contributed by atoms with Gasteiger partial charge in [0.15, 0.2) is 0 Å². The van der Waals surface area contributed by atoms with Crippen LogP contribution in [-0.4, -0.2) is 41.9 Å². The van der Waals surface area contributed by atoms with Gasteiger partial charge in [0.2, 0.25) is 5.91 Å². The van der Waals surface area contributed by atoms with Crippen LogP contribution in [0.25, 0.3) is 11.1 Å². The first kappa shape index (κ1) is 18.5. The number of aliphatic hydroxyl groups is 1. The maximum Gasteiger partial charge on any atom is 0.226 e. The van der Waals surface area contributed by atoms with E-state index in [1.807, 2.05) is 30.5 Å². The van der Waals surface area contributed by atoms with Gasteiger partial charge >= 0.3 is 0 Å². The third-order valence-electron chi connectivity index (χ3n) is 5.01. The number of ether oxygens (including phenoxy) is 1. The molecule has 0 aliphatic carbocycles. The number of hydrogen-bond acceptors (Lipinski definition) is 4. The average Bonchev–Trinajstić information content (AvgIpc) is 2.68. The highest BCUT2D eigenvalue weighted by Crippen LogP contribution is 2.37. The number of nitrogens with zero attached hydrogens (tertiary/aromatic N) is 1. The predicted molar refractivity (Wildman–Crippen MR) is 101 cm³/mol. The lowest BCUT2D eigenvalue weighted by Crippen LogP contribution is -2.47. The van der Waals surface area contributed by atoms with E-state index < -0.39 is 11.5 Å². The summed E-state index contributed by atoms with van der Waals surface area (Å²) in [5.41, 5.74) is 2.78. The summed E-state index contributed by atoms with van der Waals surface area (Å²) in [5, 5.41) is 12.4. The smallest absolute Gasteiger partial charge is 0.226 e. The molecular weight excluding hydrogens is 328 g/mol. The molecule has 1 aliphatic rings. The molecule has 2 heterocycles. The molecule has 0 radical (unpaired) electrons. The van der Waals surface area contributed by atoms with Crippen LogP contribution in [0.4, 0.5) is 0 Å². The van der Waals surface area contributed by atoms with Crippen molar-refractivity contribution in [1.82, 2.24) is 10.3 Å². The minimum absolute atomic E-state index is 0.00249. The molecule has 1 atom stereocenters. The van der Waals surface area contributed by atoms with Crippen molar-refractivity contribution in [3.8, 4) is 11.1 Å². The van der Waals surface area contributed by atoms with Gasteiger partial charge < -0.3 is 15.2 Å². The van der Waals surface area contributed by atoms with Crippen LogP contribution < -0.4 is 5.32 Å². The van der Waals surface area contributed by atoms with Gasteiger partial charge in [0.25, 0.3) is 0 Å². The Bertz CT molecular complexity index is 725. The zero-order valence-corrected chi connectivity index (χ0v) is 15.1. The Morgan fingerprint density at radius 2 is 2.04 bits per heavy atom. The summed E-state index contributed by atoms with van der Waals surface area (Å²) < 4.78 is 5.51. The first-order chi connectivity index (χ1) is 12.6. The third-order valence-corrected chi connectivity index (χ3v) is 5.01. The van der Waals surface area contributed by atoms with E-state index in [0.29, 0.717) is 32.5 Å². The van der Waals surface area contributed by atoms with E-state index in [1.54, 1.807) is 13.1 Å². The number of amides is 1. The molecule has 1 aromatic heterocycles. The van der Waals surface area contributed by atoms with E-state index in [4.69, 9.17) is 4.74 Å². The minimum Gasteiger partial charge on any atom is -0.392 e. The number of rotatable bonds is 6. The Labute approximate surface area is 154 Å². The van der Waals surface area contributed by atoms with Crippen molar-refractivity contribution < 1.29 is 14.6 Å². The number of benzene rings is 1. The molecule has 1 unspecified atom stereocenters. The summed E-state index contributed by atoms with van der Waals surface area (Å²) in [7, 11) is 0. The first-order valence-corrected chi connectivity index (χ1v) is 9.13. The molecule has 3 rings (SSSR count). The summed E-state index contributed by atoms with van der Waals surface area (Å²) in [5.74, 6) is 0.00249. The van der Waals surface area contributed by atoms with Crippen LogP contribution in [0.3, 0.4) is 0 Å². The number of carbonyl (C=O) groups is 1. The molecule has 1 saturated heterocycles. The summed E-state index contributed by atoms with van der Waals surface area (Å²) in [6.07, 6.45) is 5.06. The van der Waals surface area contributed by atoms with Crippen molar-refractivity contribution in [2.45, 2.75) is 32.3 Å². The van der Waals surface area contributed by atoms with Gasteiger partial charge in [-0.15, -0.1) is 0 Å². The van der Waals surface area contributed by atoms with Crippen LogP contribution in [0.5, 0.6) is 0 Å². The lowest BCUT2D eigenvalue weighted by molar-refractivity contribution is -0.137. The Morgan fingerprint density at radius 3 is 2.73 bits per heavy atom. The molecule has 5 nitrogen and oxygen atoms in total. The zero-order valence-electron chi connectivity index (χ0n) is 15.1. The fourth-order valence-electron chi connectivity index (χ4n) is 3.52. The lowest BCUT2D eigenvalue weighted by atomic mass is 9.73. The molecule has 138 valence electrons. The number of aliphatic hydroxyl groups excluding tert-OH is 1. The molecule has 1 aliphatic heterocycles. The van der Waals surface area contributed by atoms with E-state index in [9.17, 15) is 9.90 Å². The second-order valence-electron chi connectivity index (χ2n) is 7.03. The molecule has 0 bridgehead atoms. The summed E-state index contributed by atoms with van der Waals surface area (Å²) >= 11 is 0. The largest absolute Gasteiger partial charge is 0.392 e. The van der Waals surface area contributed by atoms with Crippen LogP contribution in [-0.2, 0) is 16.0 Å². The van der Waals surface area contributed by atoms with Crippen LogP contribution >= 0.6 is 0 Å². The van der Waals surface area contributed by atoms with E-state index in [0.717, 1.165) is 16.7 Å². The quantitative estimate of drug-likeness (QED) is 0.836. The summed E-state index contributed by atoms with van der Waals surface area (Å²) in [6.45, 7) is 3.11. The monoisotopic (exact) mass is 354 g/mol. The topological polar surface area (TPSA) is 71.5 Å². The van der Waals surface area contributed by atoms with Gasteiger partial charge in [-0.25, -0.2) is 0 Å². The zero-order chi connectivity index (χ0) is 18.4. The van der Waals surface area contributed by atoms with E-state index in [1.165, 1.54) is 0 Å². The molecule has 26 heavy (non-hydrogen) atoms. The van der Waals surface area contributed by atoms with Crippen LogP contribution in [0.1, 0.15) is 25.3 Å². The Hall–Kier alpha value is -2.24. The van der Waals surface area contributed by atoms with Crippen LogP contribution in [0, 0.1) is 5.41 Å². The van der Waals surface area contributed by atoms with Gasteiger partial charge in [0.1, 0.15) is 0 Å². The van der Waals surface area contributed by atoms with E-state index in [-0.39, 0.29) is 12.5 Å². The fraction of sp³-hybridized carbons (Fsp3) is 0.429. The number of nitrogens with one attached hydrogen (secondary N) is 1. The third kappa shape index (κ3) is 4.29. The van der Waals surface area contributed by atoms with Crippen molar-refractivity contribution in [1.29, 1.82) is 0 Å². The Balaban J connectivity index is 1.89. The van der Waals surface area contributed by atoms with Crippen molar-refractivity contribution in [2.75, 3.05) is 19.8 Å². The van der Waals surface area contributed by atoms with Gasteiger partial charge in [0.05, 0.1) is 11.5 Å². The Kier molecular flexibility index (Phi) is 6.01. The predicted octanol–water partition coefficient (Wildman–Crippen LogP) is 2.58. The van der Waals surface area contributed by atoms with Gasteiger partial charge in [-0.2, -0.15) is 0 Å². The van der Waals surface area contributed by atoms with Crippen LogP contribution in [0.2, 0.25) is 0 Å². The van der Waals surface area contributed by atoms with Crippen molar-refractivity contribution >= 4 is 5.91 Å². The Morgan fingerprint density at radius 1 is 1.27 bits per heavy atom. The van der Waals surface area contributed by atoms with E-state index >= 15 is 0 Å².